The van der Waals surface area contributed by atoms with Gasteiger partial charge in [0.15, 0.2) is 0 Å². The minimum absolute atomic E-state index is 0.195. The van der Waals surface area contributed by atoms with E-state index >= 15 is 0 Å². The van der Waals surface area contributed by atoms with Gasteiger partial charge in [-0.15, -0.1) is 0 Å². The van der Waals surface area contributed by atoms with Crippen LogP contribution in [-0.2, 0) is 12.8 Å². The fourth-order valence-corrected chi connectivity index (χ4v) is 5.84. The number of aliphatic hydroxyl groups is 1. The van der Waals surface area contributed by atoms with Crippen LogP contribution in [0, 0.1) is 11.8 Å². The number of hydrogen-bond donors (Lipinski definition) is 2. The number of benzene rings is 2. The number of hydrogen-bond acceptors (Lipinski definition) is 3. The van der Waals surface area contributed by atoms with Crippen LogP contribution < -0.4 is 4.74 Å². The topological polar surface area (TPSA) is 48.5 Å². The molecular weight excluding hydrogens is 440 g/mol. The van der Waals surface area contributed by atoms with Crippen LogP contribution in [0.15, 0.2) is 59.3 Å². The number of aromatic nitrogens is 1. The first-order valence-electron chi connectivity index (χ1n) is 10.6. The van der Waals surface area contributed by atoms with E-state index in [0.717, 1.165) is 48.1 Å². The van der Waals surface area contributed by atoms with Gasteiger partial charge in [-0.05, 0) is 79.1 Å². The first kappa shape index (κ1) is 19.7. The van der Waals surface area contributed by atoms with Crippen molar-refractivity contribution >= 4 is 26.8 Å². The summed E-state index contributed by atoms with van der Waals surface area (Å²) in [5, 5.41) is 11.8. The third-order valence-electron chi connectivity index (χ3n) is 6.90. The second kappa shape index (κ2) is 7.78. The molecule has 0 saturated carbocycles. The van der Waals surface area contributed by atoms with E-state index in [1.807, 2.05) is 18.2 Å². The number of fused-ring (bicyclic) bond motifs is 4. The van der Waals surface area contributed by atoms with Crippen molar-refractivity contribution in [3.8, 4) is 5.75 Å². The summed E-state index contributed by atoms with van der Waals surface area (Å²) < 4.78 is 6.53. The van der Waals surface area contributed by atoms with Crippen LogP contribution >= 0.6 is 15.9 Å². The van der Waals surface area contributed by atoms with Crippen molar-refractivity contribution in [3.05, 3.63) is 76.1 Å². The minimum Gasteiger partial charge on any atom is -0.511 e. The number of nitrogens with zero attached hydrogens (tertiary/aromatic N) is 1. The molecule has 156 valence electrons. The third-order valence-corrected chi connectivity index (χ3v) is 7.40. The van der Waals surface area contributed by atoms with E-state index in [0.29, 0.717) is 11.8 Å². The summed E-state index contributed by atoms with van der Waals surface area (Å²) in [6, 6.07) is 14.3. The van der Waals surface area contributed by atoms with Crippen molar-refractivity contribution in [2.75, 3.05) is 20.2 Å². The van der Waals surface area contributed by atoms with Crippen molar-refractivity contribution in [1.82, 2.24) is 9.88 Å². The number of halogens is 1. The molecule has 1 aliphatic carbocycles. The van der Waals surface area contributed by atoms with Gasteiger partial charge in [0.05, 0.1) is 13.2 Å². The molecule has 2 N–H and O–H groups in total. The second-order valence-electron chi connectivity index (χ2n) is 8.65. The Balaban J connectivity index is 1.43. The Morgan fingerprint density at radius 1 is 1.23 bits per heavy atom. The first-order chi connectivity index (χ1) is 14.5. The van der Waals surface area contributed by atoms with Gasteiger partial charge >= 0.3 is 0 Å². The van der Waals surface area contributed by atoms with Crippen LogP contribution in [0.4, 0.5) is 0 Å². The maximum Gasteiger partial charge on any atom is 0.119 e. The van der Waals surface area contributed by atoms with E-state index in [4.69, 9.17) is 4.74 Å². The fraction of sp³-hybridized carbons (Fsp3) is 0.360. The predicted octanol–water partition coefficient (Wildman–Crippen LogP) is 5.79. The molecule has 5 rings (SSSR count). The summed E-state index contributed by atoms with van der Waals surface area (Å²) in [4.78, 5) is 6.06. The van der Waals surface area contributed by atoms with Crippen LogP contribution in [0.5, 0.6) is 5.75 Å². The molecule has 1 fully saturated rings. The van der Waals surface area contributed by atoms with E-state index in [9.17, 15) is 5.11 Å². The van der Waals surface area contributed by atoms with Crippen LogP contribution in [0.25, 0.3) is 10.9 Å². The number of ether oxygens (including phenoxy) is 1. The van der Waals surface area contributed by atoms with Crippen LogP contribution in [0.1, 0.15) is 29.3 Å². The summed E-state index contributed by atoms with van der Waals surface area (Å²) in [5.74, 6) is 2.27. The number of likely N-dealkylation sites (tertiary alicyclic amines) is 1. The molecule has 1 aromatic heterocycles. The molecule has 30 heavy (non-hydrogen) atoms. The predicted molar refractivity (Wildman–Crippen MR) is 124 cm³/mol. The van der Waals surface area contributed by atoms with Crippen LogP contribution in [0.2, 0.25) is 0 Å². The van der Waals surface area contributed by atoms with Gasteiger partial charge in [-0.2, -0.15) is 0 Å². The zero-order valence-corrected chi connectivity index (χ0v) is 18.8. The highest BCUT2D eigenvalue weighted by Gasteiger charge is 2.38. The molecule has 3 atom stereocenters. The van der Waals surface area contributed by atoms with Crippen molar-refractivity contribution in [2.45, 2.75) is 25.3 Å². The van der Waals surface area contributed by atoms with Gasteiger partial charge in [-0.3, -0.25) is 4.90 Å². The number of aromatic amines is 1. The number of rotatable bonds is 4. The van der Waals surface area contributed by atoms with Crippen molar-refractivity contribution in [3.63, 3.8) is 0 Å². The molecule has 0 spiro atoms. The van der Waals surface area contributed by atoms with Gasteiger partial charge < -0.3 is 14.8 Å². The Kier molecular flexibility index (Phi) is 5.11. The Morgan fingerprint density at radius 3 is 2.90 bits per heavy atom. The van der Waals surface area contributed by atoms with E-state index in [-0.39, 0.29) is 11.8 Å². The average Bonchev–Trinajstić information content (AvgIpc) is 3.09. The lowest BCUT2D eigenvalue weighted by atomic mass is 9.73. The molecule has 1 saturated heterocycles. The zero-order valence-electron chi connectivity index (χ0n) is 17.2. The summed E-state index contributed by atoms with van der Waals surface area (Å²) >= 11 is 3.63. The number of methoxy groups -OCH3 is 1. The normalized spacial score (nSPS) is 22.3. The third kappa shape index (κ3) is 3.44. The van der Waals surface area contributed by atoms with E-state index in [1.165, 1.54) is 22.2 Å². The molecule has 2 heterocycles. The van der Waals surface area contributed by atoms with Crippen LogP contribution in [-0.4, -0.2) is 35.2 Å². The van der Waals surface area contributed by atoms with E-state index in [1.54, 1.807) is 7.11 Å². The van der Waals surface area contributed by atoms with Gasteiger partial charge in [-0.25, -0.2) is 0 Å². The standard InChI is InChI=1S/C25H27BrN2O2/c1-15(29)25(17-4-3-5-20(10-17)30-2)28-9-8-16-12-24-21(11-18(16)14-28)22-13-19(26)6-7-23(22)27-24/h3-7,10,13,16,18,25,27,29H,1,8-9,11-12,14H2,2H3. The van der Waals surface area contributed by atoms with Gasteiger partial charge in [0.2, 0.25) is 0 Å². The smallest absolute Gasteiger partial charge is 0.119 e. The molecule has 0 amide bonds. The summed E-state index contributed by atoms with van der Waals surface area (Å²) in [5.41, 5.74) is 5.15. The maximum absolute atomic E-state index is 10.5. The molecule has 0 bridgehead atoms. The quantitative estimate of drug-likeness (QED) is 0.478. The monoisotopic (exact) mass is 466 g/mol. The highest BCUT2D eigenvalue weighted by molar-refractivity contribution is 9.10. The molecule has 5 heteroatoms. The molecule has 3 unspecified atom stereocenters. The SMILES string of the molecule is C=C(O)C(c1cccc(OC)c1)N1CCC2Cc3[nH]c4ccc(Br)cc4c3CC2C1. The van der Waals surface area contributed by atoms with Crippen molar-refractivity contribution in [2.24, 2.45) is 11.8 Å². The molecule has 4 nitrogen and oxygen atoms in total. The Hall–Kier alpha value is -2.24. The van der Waals surface area contributed by atoms with Gasteiger partial charge in [0.25, 0.3) is 0 Å². The Morgan fingerprint density at radius 2 is 2.10 bits per heavy atom. The molecule has 0 radical (unpaired) electrons. The van der Waals surface area contributed by atoms with E-state index < -0.39 is 0 Å². The van der Waals surface area contributed by atoms with Gasteiger partial charge in [0, 0.05) is 27.6 Å². The largest absolute Gasteiger partial charge is 0.511 e. The number of piperidine rings is 1. The minimum atomic E-state index is -0.195. The van der Waals surface area contributed by atoms with Crippen molar-refractivity contribution in [1.29, 1.82) is 0 Å². The van der Waals surface area contributed by atoms with Gasteiger partial charge in [0.1, 0.15) is 11.5 Å². The number of aliphatic hydroxyl groups excluding tert-OH is 1. The highest BCUT2D eigenvalue weighted by Crippen LogP contribution is 2.42. The number of nitrogens with one attached hydrogen (secondary N) is 1. The average molecular weight is 467 g/mol. The first-order valence-corrected chi connectivity index (χ1v) is 11.4. The molecule has 1 aliphatic heterocycles. The number of H-pyrrole nitrogens is 1. The molecular formula is C25H27BrN2O2. The lowest BCUT2D eigenvalue weighted by molar-refractivity contribution is 0.0716. The lowest BCUT2D eigenvalue weighted by Crippen LogP contribution is -2.45. The van der Waals surface area contributed by atoms with E-state index in [2.05, 4.69) is 56.7 Å². The Bertz CT molecular complexity index is 1110. The Labute approximate surface area is 185 Å². The fourth-order valence-electron chi connectivity index (χ4n) is 5.48. The van der Waals surface area contributed by atoms with Crippen molar-refractivity contribution < 1.29 is 9.84 Å². The zero-order chi connectivity index (χ0) is 20.8. The molecule has 3 aromatic rings. The summed E-state index contributed by atoms with van der Waals surface area (Å²) in [6.07, 6.45) is 3.33. The summed E-state index contributed by atoms with van der Waals surface area (Å²) in [7, 11) is 1.67. The second-order valence-corrected chi connectivity index (χ2v) is 9.57. The van der Waals surface area contributed by atoms with Crippen LogP contribution in [0.3, 0.4) is 0 Å². The lowest BCUT2D eigenvalue weighted by Gasteiger charge is -2.44. The maximum atomic E-state index is 10.5. The van der Waals surface area contributed by atoms with Gasteiger partial charge in [-0.1, -0.05) is 34.6 Å². The molecule has 2 aliphatic rings. The highest BCUT2D eigenvalue weighted by atomic mass is 79.9. The summed E-state index contributed by atoms with van der Waals surface area (Å²) in [6.45, 7) is 5.83. The molecule has 2 aromatic carbocycles.